The van der Waals surface area contributed by atoms with Crippen LogP contribution in [0.15, 0.2) is 83.3 Å². The molecule has 0 aliphatic carbocycles. The van der Waals surface area contributed by atoms with E-state index < -0.39 is 0 Å². The van der Waals surface area contributed by atoms with Gasteiger partial charge in [-0.05, 0) is 74.4 Å². The van der Waals surface area contributed by atoms with Crippen LogP contribution in [0.25, 0.3) is 22.6 Å². The molecule has 1 aliphatic rings. The van der Waals surface area contributed by atoms with E-state index in [2.05, 4.69) is 29.4 Å². The number of carbonyl (C=O) groups is 2. The van der Waals surface area contributed by atoms with E-state index in [4.69, 9.17) is 4.42 Å². The summed E-state index contributed by atoms with van der Waals surface area (Å²) < 4.78 is 5.94. The van der Waals surface area contributed by atoms with Gasteiger partial charge in [0.1, 0.15) is 5.52 Å². The van der Waals surface area contributed by atoms with Crippen LogP contribution in [0.3, 0.4) is 0 Å². The fourth-order valence-electron chi connectivity index (χ4n) is 4.98. The summed E-state index contributed by atoms with van der Waals surface area (Å²) in [5, 5.41) is 3.15. The molecule has 2 heterocycles. The van der Waals surface area contributed by atoms with Gasteiger partial charge in [-0.2, -0.15) is 0 Å². The van der Waals surface area contributed by atoms with Crippen molar-refractivity contribution in [2.45, 2.75) is 45.1 Å². The zero-order valence-electron chi connectivity index (χ0n) is 21.2. The fourth-order valence-corrected chi connectivity index (χ4v) is 4.98. The third-order valence-corrected chi connectivity index (χ3v) is 7.15. The molecule has 0 unspecified atom stereocenters. The first-order valence-electron chi connectivity index (χ1n) is 13.1. The van der Waals surface area contributed by atoms with Crippen molar-refractivity contribution in [3.8, 4) is 11.5 Å². The molecule has 37 heavy (non-hydrogen) atoms. The van der Waals surface area contributed by atoms with Crippen LogP contribution in [0, 0.1) is 5.92 Å². The third-order valence-electron chi connectivity index (χ3n) is 7.15. The predicted molar refractivity (Wildman–Crippen MR) is 145 cm³/mol. The summed E-state index contributed by atoms with van der Waals surface area (Å²) >= 11 is 0. The second-order valence-electron chi connectivity index (χ2n) is 10.0. The molecule has 4 aromatic rings. The molecule has 1 aromatic heterocycles. The zero-order chi connectivity index (χ0) is 25.6. The number of benzene rings is 3. The van der Waals surface area contributed by atoms with Crippen LogP contribution in [0.5, 0.6) is 0 Å². The molecular formula is C31H33N3O3. The Hall–Kier alpha value is -3.93. The smallest absolute Gasteiger partial charge is 0.253 e. The molecule has 6 heteroatoms. The van der Waals surface area contributed by atoms with Crippen LogP contribution in [0.2, 0.25) is 0 Å². The lowest BCUT2D eigenvalue weighted by Crippen LogP contribution is -2.40. The van der Waals surface area contributed by atoms with Gasteiger partial charge in [0.2, 0.25) is 11.8 Å². The first kappa shape index (κ1) is 24.8. The number of rotatable bonds is 8. The second-order valence-corrected chi connectivity index (χ2v) is 10.0. The maximum absolute atomic E-state index is 13.2. The fraction of sp³-hybridized carbons (Fsp3) is 0.323. The monoisotopic (exact) mass is 495 g/mol. The number of carbonyl (C=O) groups excluding carboxylic acids is 2. The van der Waals surface area contributed by atoms with Gasteiger partial charge in [0.05, 0.1) is 0 Å². The standard InChI is InChI=1S/C31H33N3O3/c1-22(12-13-23-8-4-2-5-9-23)32-29(35)20-24-16-18-34(19-17-24)31(36)26-14-15-27-28(21-26)37-30(33-27)25-10-6-3-7-11-25/h2-11,14-15,21-22,24H,12-13,16-20H2,1H3,(H,32,35)/t22-/m1/s1. The predicted octanol–water partition coefficient (Wildman–Crippen LogP) is 5.87. The van der Waals surface area contributed by atoms with Crippen LogP contribution in [-0.4, -0.2) is 40.8 Å². The van der Waals surface area contributed by atoms with Gasteiger partial charge in [0.25, 0.3) is 5.91 Å². The number of nitrogens with one attached hydrogen (secondary N) is 1. The number of aryl methyl sites for hydroxylation is 1. The van der Waals surface area contributed by atoms with Gasteiger partial charge in [0, 0.05) is 36.7 Å². The van der Waals surface area contributed by atoms with Gasteiger partial charge in [-0.25, -0.2) is 4.98 Å². The SMILES string of the molecule is C[C@H](CCc1ccccc1)NC(=O)CC1CCN(C(=O)c2ccc3nc(-c4ccccc4)oc3c2)CC1. The lowest BCUT2D eigenvalue weighted by atomic mass is 9.92. The van der Waals surface area contributed by atoms with Crippen molar-refractivity contribution < 1.29 is 14.0 Å². The van der Waals surface area contributed by atoms with E-state index in [1.165, 1.54) is 5.56 Å². The average Bonchev–Trinajstić information content (AvgIpc) is 3.37. The molecule has 1 atom stereocenters. The number of fused-ring (bicyclic) bond motifs is 1. The third kappa shape index (κ3) is 6.26. The molecule has 2 amide bonds. The van der Waals surface area contributed by atoms with Crippen LogP contribution < -0.4 is 5.32 Å². The maximum Gasteiger partial charge on any atom is 0.253 e. The Kier molecular flexibility index (Phi) is 7.64. The highest BCUT2D eigenvalue weighted by Crippen LogP contribution is 2.26. The lowest BCUT2D eigenvalue weighted by molar-refractivity contribution is -0.122. The van der Waals surface area contributed by atoms with Crippen molar-refractivity contribution in [2.24, 2.45) is 5.92 Å². The summed E-state index contributed by atoms with van der Waals surface area (Å²) in [6, 6.07) is 25.7. The van der Waals surface area contributed by atoms with Crippen molar-refractivity contribution in [3.05, 3.63) is 90.0 Å². The van der Waals surface area contributed by atoms with E-state index in [0.29, 0.717) is 42.5 Å². The number of likely N-dealkylation sites (tertiary alicyclic amines) is 1. The molecule has 5 rings (SSSR count). The molecule has 0 bridgehead atoms. The molecule has 1 saturated heterocycles. The summed E-state index contributed by atoms with van der Waals surface area (Å²) in [4.78, 5) is 32.2. The van der Waals surface area contributed by atoms with Gasteiger partial charge < -0.3 is 14.6 Å². The first-order chi connectivity index (χ1) is 18.0. The Labute approximate surface area is 217 Å². The summed E-state index contributed by atoms with van der Waals surface area (Å²) in [5.74, 6) is 0.955. The van der Waals surface area contributed by atoms with Crippen molar-refractivity contribution in [3.63, 3.8) is 0 Å². The summed E-state index contributed by atoms with van der Waals surface area (Å²) in [5.41, 5.74) is 4.14. The molecule has 190 valence electrons. The van der Waals surface area contributed by atoms with Gasteiger partial charge in [0.15, 0.2) is 5.58 Å². The average molecular weight is 496 g/mol. The number of hydrogen-bond donors (Lipinski definition) is 1. The first-order valence-corrected chi connectivity index (χ1v) is 13.1. The largest absolute Gasteiger partial charge is 0.436 e. The maximum atomic E-state index is 13.2. The van der Waals surface area contributed by atoms with Gasteiger partial charge in [-0.3, -0.25) is 9.59 Å². The van der Waals surface area contributed by atoms with Crippen LogP contribution in [0.4, 0.5) is 0 Å². The van der Waals surface area contributed by atoms with E-state index in [0.717, 1.165) is 36.8 Å². The minimum atomic E-state index is -0.00278. The summed E-state index contributed by atoms with van der Waals surface area (Å²) in [6.07, 6.45) is 4.06. The Morgan fingerprint density at radius 3 is 2.43 bits per heavy atom. The number of nitrogens with zero attached hydrogens (tertiary/aromatic N) is 2. The van der Waals surface area contributed by atoms with Gasteiger partial charge >= 0.3 is 0 Å². The van der Waals surface area contributed by atoms with Crippen LogP contribution >= 0.6 is 0 Å². The van der Waals surface area contributed by atoms with E-state index in [9.17, 15) is 9.59 Å². The van der Waals surface area contributed by atoms with E-state index in [-0.39, 0.29) is 17.9 Å². The molecule has 6 nitrogen and oxygen atoms in total. The Bertz CT molecular complexity index is 1340. The van der Waals surface area contributed by atoms with Crippen molar-refractivity contribution in [2.75, 3.05) is 13.1 Å². The highest BCUT2D eigenvalue weighted by molar-refractivity contribution is 5.97. The molecule has 1 aliphatic heterocycles. The van der Waals surface area contributed by atoms with Gasteiger partial charge in [-0.15, -0.1) is 0 Å². The highest BCUT2D eigenvalue weighted by Gasteiger charge is 2.26. The molecule has 1 N–H and O–H groups in total. The summed E-state index contributed by atoms with van der Waals surface area (Å²) in [6.45, 7) is 3.38. The second kappa shape index (κ2) is 11.4. The molecule has 1 fully saturated rings. The minimum absolute atomic E-state index is 0.00278. The number of amides is 2. The van der Waals surface area contributed by atoms with Crippen LogP contribution in [0.1, 0.15) is 48.5 Å². The minimum Gasteiger partial charge on any atom is -0.436 e. The van der Waals surface area contributed by atoms with Crippen LogP contribution in [-0.2, 0) is 11.2 Å². The van der Waals surface area contributed by atoms with E-state index >= 15 is 0 Å². The van der Waals surface area contributed by atoms with E-state index in [1.54, 1.807) is 6.07 Å². The highest BCUT2D eigenvalue weighted by atomic mass is 16.3. The van der Waals surface area contributed by atoms with E-state index in [1.807, 2.05) is 65.6 Å². The normalized spacial score (nSPS) is 15.0. The Balaban J connectivity index is 1.10. The molecule has 0 saturated carbocycles. The van der Waals surface area contributed by atoms with Gasteiger partial charge in [-0.1, -0.05) is 48.5 Å². The Morgan fingerprint density at radius 2 is 1.70 bits per heavy atom. The van der Waals surface area contributed by atoms with Crippen molar-refractivity contribution >= 4 is 22.9 Å². The number of piperidine rings is 1. The molecule has 3 aromatic carbocycles. The Morgan fingerprint density at radius 1 is 1.00 bits per heavy atom. The lowest BCUT2D eigenvalue weighted by Gasteiger charge is -2.32. The van der Waals surface area contributed by atoms with Crippen molar-refractivity contribution in [1.29, 1.82) is 0 Å². The molecule has 0 radical (unpaired) electrons. The number of oxazole rings is 1. The summed E-state index contributed by atoms with van der Waals surface area (Å²) in [7, 11) is 0. The zero-order valence-corrected chi connectivity index (χ0v) is 21.2. The molecular weight excluding hydrogens is 462 g/mol. The quantitative estimate of drug-likeness (QED) is 0.331. The number of hydrogen-bond acceptors (Lipinski definition) is 4. The number of aromatic nitrogens is 1. The molecule has 0 spiro atoms. The van der Waals surface area contributed by atoms with Crippen molar-refractivity contribution in [1.82, 2.24) is 15.2 Å². The topological polar surface area (TPSA) is 75.4 Å².